The number of pyridine rings is 2. The summed E-state index contributed by atoms with van der Waals surface area (Å²) in [6.07, 6.45) is 3.69. The zero-order valence-electron chi connectivity index (χ0n) is 18.8. The van der Waals surface area contributed by atoms with Crippen LogP contribution in [0.4, 0.5) is 4.39 Å². The van der Waals surface area contributed by atoms with Crippen molar-refractivity contribution in [3.63, 3.8) is 0 Å². The fraction of sp³-hybridized carbons (Fsp3) is 0.400. The zero-order chi connectivity index (χ0) is 23.5. The van der Waals surface area contributed by atoms with Crippen LogP contribution in [0.25, 0.3) is 10.9 Å². The van der Waals surface area contributed by atoms with Crippen molar-refractivity contribution >= 4 is 10.9 Å². The van der Waals surface area contributed by atoms with Crippen LogP contribution >= 0.6 is 0 Å². The van der Waals surface area contributed by atoms with Gasteiger partial charge >= 0.3 is 0 Å². The number of ether oxygens (including phenoxy) is 2. The summed E-state index contributed by atoms with van der Waals surface area (Å²) in [4.78, 5) is 19.4. The van der Waals surface area contributed by atoms with Gasteiger partial charge in [0.25, 0.3) is 5.56 Å². The number of rotatable bonds is 6. The number of aromatic nitrogens is 2. The fourth-order valence-electron chi connectivity index (χ4n) is 4.61. The molecule has 0 atom stereocenters. The highest BCUT2D eigenvalue weighted by Crippen LogP contribution is 2.29. The SMILES string of the molecule is N#Cc1cc(=O)n(CCN2CCC(NCc3cc4c(cn3)OCCO4)CC2)c2cc(F)ccc12. The highest BCUT2D eigenvalue weighted by Gasteiger charge is 2.20. The molecule has 0 radical (unpaired) electrons. The van der Waals surface area contributed by atoms with Crippen molar-refractivity contribution in [2.45, 2.75) is 32.0 Å². The number of benzene rings is 1. The zero-order valence-corrected chi connectivity index (χ0v) is 18.8. The number of nitriles is 1. The molecule has 176 valence electrons. The lowest BCUT2D eigenvalue weighted by molar-refractivity contribution is 0.170. The molecule has 9 heteroatoms. The van der Waals surface area contributed by atoms with E-state index in [4.69, 9.17) is 9.47 Å². The van der Waals surface area contributed by atoms with Gasteiger partial charge in [-0.05, 0) is 44.1 Å². The van der Waals surface area contributed by atoms with Crippen molar-refractivity contribution in [3.05, 3.63) is 64.0 Å². The van der Waals surface area contributed by atoms with Gasteiger partial charge in [0.05, 0.1) is 23.0 Å². The van der Waals surface area contributed by atoms with Crippen LogP contribution in [0.3, 0.4) is 0 Å². The molecule has 2 aromatic heterocycles. The van der Waals surface area contributed by atoms with Crippen LogP contribution in [-0.4, -0.2) is 53.3 Å². The molecule has 0 bridgehead atoms. The van der Waals surface area contributed by atoms with Crippen LogP contribution in [0.1, 0.15) is 24.1 Å². The Morgan fingerprint density at radius 3 is 2.71 bits per heavy atom. The molecule has 0 saturated carbocycles. The molecule has 5 rings (SSSR count). The highest BCUT2D eigenvalue weighted by atomic mass is 19.1. The minimum Gasteiger partial charge on any atom is -0.486 e. The monoisotopic (exact) mass is 463 g/mol. The van der Waals surface area contributed by atoms with Gasteiger partial charge in [-0.15, -0.1) is 0 Å². The van der Waals surface area contributed by atoms with Gasteiger partial charge in [0.15, 0.2) is 11.5 Å². The fourth-order valence-corrected chi connectivity index (χ4v) is 4.61. The van der Waals surface area contributed by atoms with Crippen molar-refractivity contribution in [1.29, 1.82) is 5.26 Å². The number of hydrogen-bond donors (Lipinski definition) is 1. The van der Waals surface area contributed by atoms with Crippen LogP contribution in [0.5, 0.6) is 11.5 Å². The summed E-state index contributed by atoms with van der Waals surface area (Å²) in [7, 11) is 0. The van der Waals surface area contributed by atoms with Crippen molar-refractivity contribution in [2.24, 2.45) is 0 Å². The Morgan fingerprint density at radius 2 is 1.91 bits per heavy atom. The Labute approximate surface area is 196 Å². The molecule has 1 aromatic carbocycles. The van der Waals surface area contributed by atoms with E-state index in [1.165, 1.54) is 18.2 Å². The van der Waals surface area contributed by atoms with E-state index in [1.54, 1.807) is 16.8 Å². The van der Waals surface area contributed by atoms with Gasteiger partial charge in [-0.1, -0.05) is 0 Å². The van der Waals surface area contributed by atoms with E-state index in [9.17, 15) is 14.4 Å². The summed E-state index contributed by atoms with van der Waals surface area (Å²) in [5, 5.41) is 13.5. The van der Waals surface area contributed by atoms with E-state index < -0.39 is 5.82 Å². The lowest BCUT2D eigenvalue weighted by Gasteiger charge is -2.32. The predicted molar refractivity (Wildman–Crippen MR) is 124 cm³/mol. The standard InChI is InChI=1S/C25H26FN5O3/c26-18-1-2-21-17(14-27)11-25(32)31(22(21)12-18)8-7-30-5-3-19(4-6-30)28-15-20-13-23-24(16-29-20)34-10-9-33-23/h1-2,11-13,16,19,28H,3-10,15H2. The third-order valence-corrected chi connectivity index (χ3v) is 6.48. The van der Waals surface area contributed by atoms with Crippen LogP contribution in [0.15, 0.2) is 41.3 Å². The Balaban J connectivity index is 1.16. The average molecular weight is 464 g/mol. The molecule has 1 N–H and O–H groups in total. The number of likely N-dealkylation sites (tertiary alicyclic amines) is 1. The summed E-state index contributed by atoms with van der Waals surface area (Å²) in [6.45, 7) is 4.73. The maximum atomic E-state index is 13.9. The first-order valence-corrected chi connectivity index (χ1v) is 11.5. The molecule has 3 aromatic rings. The average Bonchev–Trinajstić information content (AvgIpc) is 2.87. The molecule has 0 unspecified atom stereocenters. The molecule has 8 nitrogen and oxygen atoms in total. The molecule has 0 amide bonds. The molecule has 0 spiro atoms. The minimum absolute atomic E-state index is 0.274. The lowest BCUT2D eigenvalue weighted by atomic mass is 10.0. The second-order valence-corrected chi connectivity index (χ2v) is 8.64. The molecule has 1 saturated heterocycles. The van der Waals surface area contributed by atoms with Gasteiger partial charge in [-0.3, -0.25) is 9.78 Å². The van der Waals surface area contributed by atoms with E-state index in [-0.39, 0.29) is 11.1 Å². The van der Waals surface area contributed by atoms with Crippen LogP contribution < -0.4 is 20.3 Å². The quantitative estimate of drug-likeness (QED) is 0.600. The molecule has 34 heavy (non-hydrogen) atoms. The van der Waals surface area contributed by atoms with Crippen LogP contribution in [-0.2, 0) is 13.1 Å². The van der Waals surface area contributed by atoms with Crippen molar-refractivity contribution in [3.8, 4) is 17.6 Å². The summed E-state index contributed by atoms with van der Waals surface area (Å²) < 4.78 is 26.6. The first kappa shape index (κ1) is 22.3. The molecule has 2 aliphatic heterocycles. The van der Waals surface area contributed by atoms with Gasteiger partial charge in [0.1, 0.15) is 25.1 Å². The Morgan fingerprint density at radius 1 is 1.12 bits per heavy atom. The smallest absolute Gasteiger partial charge is 0.252 e. The Kier molecular flexibility index (Phi) is 6.43. The number of nitrogens with one attached hydrogen (secondary N) is 1. The third kappa shape index (κ3) is 4.74. The third-order valence-electron chi connectivity index (χ3n) is 6.48. The maximum Gasteiger partial charge on any atom is 0.252 e. The lowest BCUT2D eigenvalue weighted by Crippen LogP contribution is -2.43. The number of piperidine rings is 1. The van der Waals surface area contributed by atoms with Gasteiger partial charge < -0.3 is 24.3 Å². The second kappa shape index (κ2) is 9.79. The summed E-state index contributed by atoms with van der Waals surface area (Å²) in [5.41, 5.74) is 1.38. The van der Waals surface area contributed by atoms with E-state index in [2.05, 4.69) is 15.2 Å². The Hall–Kier alpha value is -3.48. The number of hydrogen-bond acceptors (Lipinski definition) is 7. The topological polar surface area (TPSA) is 92.4 Å². The number of halogens is 1. The van der Waals surface area contributed by atoms with Crippen LogP contribution in [0, 0.1) is 17.1 Å². The molecular weight excluding hydrogens is 437 g/mol. The van der Waals surface area contributed by atoms with Gasteiger partial charge in [0, 0.05) is 43.2 Å². The summed E-state index contributed by atoms with van der Waals surface area (Å²) >= 11 is 0. The number of fused-ring (bicyclic) bond motifs is 2. The highest BCUT2D eigenvalue weighted by molar-refractivity contribution is 5.85. The van der Waals surface area contributed by atoms with E-state index in [0.29, 0.717) is 55.5 Å². The summed E-state index contributed by atoms with van der Waals surface area (Å²) in [6, 6.07) is 9.90. The van der Waals surface area contributed by atoms with Gasteiger partial charge in [0.2, 0.25) is 0 Å². The minimum atomic E-state index is -0.421. The molecule has 4 heterocycles. The van der Waals surface area contributed by atoms with Crippen molar-refractivity contribution in [2.75, 3.05) is 32.8 Å². The van der Waals surface area contributed by atoms with E-state index in [1.807, 2.05) is 12.1 Å². The maximum absolute atomic E-state index is 13.9. The van der Waals surface area contributed by atoms with Crippen molar-refractivity contribution < 1.29 is 13.9 Å². The summed E-state index contributed by atoms with van der Waals surface area (Å²) in [5.74, 6) is 1.02. The van der Waals surface area contributed by atoms with Crippen LogP contribution in [0.2, 0.25) is 0 Å². The van der Waals surface area contributed by atoms with E-state index >= 15 is 0 Å². The first-order valence-electron chi connectivity index (χ1n) is 11.5. The largest absolute Gasteiger partial charge is 0.486 e. The molecule has 0 aliphatic carbocycles. The molecule has 1 fully saturated rings. The van der Waals surface area contributed by atoms with E-state index in [0.717, 1.165) is 37.4 Å². The number of nitrogens with zero attached hydrogens (tertiary/aromatic N) is 4. The van der Waals surface area contributed by atoms with Crippen molar-refractivity contribution in [1.82, 2.24) is 19.8 Å². The Bertz CT molecular complexity index is 1290. The van der Waals surface area contributed by atoms with Gasteiger partial charge in [-0.2, -0.15) is 5.26 Å². The second-order valence-electron chi connectivity index (χ2n) is 8.64. The first-order chi connectivity index (χ1) is 16.6. The molecular formula is C25H26FN5O3. The van der Waals surface area contributed by atoms with Gasteiger partial charge in [-0.25, -0.2) is 4.39 Å². The molecule has 2 aliphatic rings. The predicted octanol–water partition coefficient (Wildman–Crippen LogP) is 2.43. The normalized spacial score (nSPS) is 16.5.